The molecule has 0 aliphatic carbocycles. The van der Waals surface area contributed by atoms with Gasteiger partial charge in [-0.25, -0.2) is 4.79 Å². The molecule has 3 aromatic rings. The molecule has 2 aromatic carbocycles. The largest absolute Gasteiger partial charge is 0.489 e. The Balaban J connectivity index is 1.82. The minimum absolute atomic E-state index is 0.465. The Kier molecular flexibility index (Phi) is 4.25. The summed E-state index contributed by atoms with van der Waals surface area (Å²) in [5.41, 5.74) is 1.17. The fourth-order valence-electron chi connectivity index (χ4n) is 2.28. The van der Waals surface area contributed by atoms with E-state index in [4.69, 9.17) is 9.47 Å². The van der Waals surface area contributed by atoms with Crippen molar-refractivity contribution in [2.75, 3.05) is 0 Å². The quantitative estimate of drug-likeness (QED) is 0.716. The van der Waals surface area contributed by atoms with Gasteiger partial charge in [0.2, 0.25) is 0 Å². The Morgan fingerprint density at radius 3 is 2.58 bits per heavy atom. The lowest BCUT2D eigenvalue weighted by Crippen LogP contribution is -2.27. The van der Waals surface area contributed by atoms with Gasteiger partial charge < -0.3 is 9.47 Å². The van der Waals surface area contributed by atoms with Gasteiger partial charge in [0.05, 0.1) is 11.7 Å². The first-order chi connectivity index (χ1) is 11.4. The van der Waals surface area contributed by atoms with Crippen LogP contribution in [-0.2, 0) is 11.3 Å². The maximum absolute atomic E-state index is 12.3. The van der Waals surface area contributed by atoms with Crippen LogP contribution in [0.2, 0.25) is 0 Å². The van der Waals surface area contributed by atoms with E-state index in [0.717, 1.165) is 10.9 Å². The standard InChI is InChI=1S/C19H20N2O3/c1-19(2,3)24-18(22)21-17-11-16(10-9-15(17)12-20-21)23-13-14-7-5-4-6-8-14/h4-12H,13H2,1-3H3. The van der Waals surface area contributed by atoms with Crippen molar-refractivity contribution in [1.82, 2.24) is 9.78 Å². The van der Waals surface area contributed by atoms with Gasteiger partial charge in [0.15, 0.2) is 0 Å². The maximum Gasteiger partial charge on any atom is 0.435 e. The average molecular weight is 324 g/mol. The molecule has 0 N–H and O–H groups in total. The van der Waals surface area contributed by atoms with E-state index in [0.29, 0.717) is 17.9 Å². The highest BCUT2D eigenvalue weighted by Gasteiger charge is 2.20. The van der Waals surface area contributed by atoms with Crippen LogP contribution in [0.3, 0.4) is 0 Å². The number of rotatable bonds is 3. The highest BCUT2D eigenvalue weighted by atomic mass is 16.6. The second-order valence-corrected chi connectivity index (χ2v) is 6.53. The number of fused-ring (bicyclic) bond motifs is 1. The van der Waals surface area contributed by atoms with Gasteiger partial charge in [-0.15, -0.1) is 0 Å². The van der Waals surface area contributed by atoms with Gasteiger partial charge in [0, 0.05) is 11.5 Å². The van der Waals surface area contributed by atoms with E-state index in [1.54, 1.807) is 12.3 Å². The van der Waals surface area contributed by atoms with Gasteiger partial charge in [-0.05, 0) is 38.5 Å². The summed E-state index contributed by atoms with van der Waals surface area (Å²) in [7, 11) is 0. The molecule has 0 amide bonds. The SMILES string of the molecule is CC(C)(C)OC(=O)n1ncc2ccc(OCc3ccccc3)cc21. The molecule has 124 valence electrons. The van der Waals surface area contributed by atoms with Crippen LogP contribution in [0.15, 0.2) is 54.7 Å². The molecule has 0 aliphatic heterocycles. The number of benzene rings is 2. The molecule has 0 saturated carbocycles. The predicted octanol–water partition coefficient (Wildman–Crippen LogP) is 4.40. The Morgan fingerprint density at radius 1 is 1.12 bits per heavy atom. The molecule has 5 nitrogen and oxygen atoms in total. The summed E-state index contributed by atoms with van der Waals surface area (Å²) < 4.78 is 12.5. The molecule has 0 unspecified atom stereocenters. The van der Waals surface area contributed by atoms with Crippen molar-refractivity contribution in [3.05, 3.63) is 60.3 Å². The Morgan fingerprint density at radius 2 is 1.88 bits per heavy atom. The van der Waals surface area contributed by atoms with Crippen LogP contribution < -0.4 is 4.74 Å². The maximum atomic E-state index is 12.3. The number of hydrogen-bond donors (Lipinski definition) is 0. The fourth-order valence-corrected chi connectivity index (χ4v) is 2.28. The number of hydrogen-bond acceptors (Lipinski definition) is 4. The number of aromatic nitrogens is 2. The zero-order valence-electron chi connectivity index (χ0n) is 14.0. The minimum atomic E-state index is -0.573. The molecule has 3 rings (SSSR count). The summed E-state index contributed by atoms with van der Waals surface area (Å²) in [4.78, 5) is 12.3. The molecule has 0 bridgehead atoms. The summed E-state index contributed by atoms with van der Waals surface area (Å²) in [5, 5.41) is 4.98. The molecule has 0 spiro atoms. The molecular weight excluding hydrogens is 304 g/mol. The van der Waals surface area contributed by atoms with Crippen molar-refractivity contribution in [2.24, 2.45) is 0 Å². The number of ether oxygens (including phenoxy) is 2. The number of nitrogens with zero attached hydrogens (tertiary/aromatic N) is 2. The van der Waals surface area contributed by atoms with Crippen LogP contribution in [-0.4, -0.2) is 21.5 Å². The van der Waals surface area contributed by atoms with Crippen molar-refractivity contribution in [3.63, 3.8) is 0 Å². The lowest BCUT2D eigenvalue weighted by Gasteiger charge is -2.19. The molecular formula is C19H20N2O3. The monoisotopic (exact) mass is 324 g/mol. The molecule has 1 heterocycles. The van der Waals surface area contributed by atoms with Crippen LogP contribution >= 0.6 is 0 Å². The summed E-state index contributed by atoms with van der Waals surface area (Å²) in [6.45, 7) is 5.94. The van der Waals surface area contributed by atoms with Crippen molar-refractivity contribution in [3.8, 4) is 5.75 Å². The molecule has 0 aliphatic rings. The van der Waals surface area contributed by atoms with E-state index < -0.39 is 11.7 Å². The smallest absolute Gasteiger partial charge is 0.435 e. The van der Waals surface area contributed by atoms with E-state index >= 15 is 0 Å². The van der Waals surface area contributed by atoms with Crippen LogP contribution in [0.1, 0.15) is 26.3 Å². The third kappa shape index (κ3) is 3.74. The van der Waals surface area contributed by atoms with Gasteiger partial charge >= 0.3 is 6.09 Å². The molecule has 5 heteroatoms. The van der Waals surface area contributed by atoms with E-state index in [2.05, 4.69) is 5.10 Å². The highest BCUT2D eigenvalue weighted by Crippen LogP contribution is 2.22. The topological polar surface area (TPSA) is 53.4 Å². The first-order valence-corrected chi connectivity index (χ1v) is 7.80. The van der Waals surface area contributed by atoms with E-state index in [1.807, 2.05) is 63.2 Å². The Labute approximate surface area is 140 Å². The van der Waals surface area contributed by atoms with Crippen LogP contribution in [0.25, 0.3) is 10.9 Å². The molecule has 0 fully saturated rings. The van der Waals surface area contributed by atoms with Gasteiger partial charge in [-0.1, -0.05) is 30.3 Å². The Bertz CT molecular complexity index is 848. The van der Waals surface area contributed by atoms with Crippen molar-refractivity contribution < 1.29 is 14.3 Å². The van der Waals surface area contributed by atoms with Crippen molar-refractivity contribution in [2.45, 2.75) is 33.0 Å². The normalized spacial score (nSPS) is 11.5. The lowest BCUT2D eigenvalue weighted by atomic mass is 10.2. The zero-order valence-corrected chi connectivity index (χ0v) is 14.0. The molecule has 0 saturated heterocycles. The van der Waals surface area contributed by atoms with Gasteiger partial charge in [-0.3, -0.25) is 0 Å². The number of carbonyl (C=O) groups excluding carboxylic acids is 1. The molecule has 1 aromatic heterocycles. The summed E-state index contributed by atoms with van der Waals surface area (Å²) >= 11 is 0. The van der Waals surface area contributed by atoms with Crippen LogP contribution in [0.4, 0.5) is 4.79 Å². The first kappa shape index (κ1) is 16.1. The second kappa shape index (κ2) is 6.35. The average Bonchev–Trinajstić information content (AvgIpc) is 2.95. The van der Waals surface area contributed by atoms with E-state index in [9.17, 15) is 4.79 Å². The van der Waals surface area contributed by atoms with E-state index in [-0.39, 0.29) is 0 Å². The van der Waals surface area contributed by atoms with Crippen molar-refractivity contribution in [1.29, 1.82) is 0 Å². The molecule has 0 radical (unpaired) electrons. The first-order valence-electron chi connectivity index (χ1n) is 7.80. The zero-order chi connectivity index (χ0) is 17.2. The second-order valence-electron chi connectivity index (χ2n) is 6.53. The highest BCUT2D eigenvalue weighted by molar-refractivity contribution is 5.88. The van der Waals surface area contributed by atoms with Crippen molar-refractivity contribution >= 4 is 17.0 Å². The fraction of sp³-hybridized carbons (Fsp3) is 0.263. The van der Waals surface area contributed by atoms with E-state index in [1.165, 1.54) is 4.68 Å². The summed E-state index contributed by atoms with van der Waals surface area (Å²) in [6, 6.07) is 15.5. The van der Waals surface area contributed by atoms with Gasteiger partial charge in [0.1, 0.15) is 18.0 Å². The predicted molar refractivity (Wildman–Crippen MR) is 92.1 cm³/mol. The van der Waals surface area contributed by atoms with Crippen LogP contribution in [0.5, 0.6) is 5.75 Å². The lowest BCUT2D eigenvalue weighted by molar-refractivity contribution is 0.0522. The van der Waals surface area contributed by atoms with Gasteiger partial charge in [0.25, 0.3) is 0 Å². The minimum Gasteiger partial charge on any atom is -0.489 e. The summed E-state index contributed by atoms with van der Waals surface area (Å²) in [5.74, 6) is 0.677. The molecule has 0 atom stereocenters. The molecule has 24 heavy (non-hydrogen) atoms. The van der Waals surface area contributed by atoms with Crippen LogP contribution in [0, 0.1) is 0 Å². The third-order valence-corrected chi connectivity index (χ3v) is 3.36. The van der Waals surface area contributed by atoms with Gasteiger partial charge in [-0.2, -0.15) is 9.78 Å². The number of carbonyl (C=O) groups is 1. The third-order valence-electron chi connectivity index (χ3n) is 3.36. The Hall–Kier alpha value is -2.82. The summed E-state index contributed by atoms with van der Waals surface area (Å²) in [6.07, 6.45) is 1.14.